The summed E-state index contributed by atoms with van der Waals surface area (Å²) >= 11 is 5.66. The molecule has 0 aliphatic carbocycles. The maximum Gasteiger partial charge on any atom is 0.167 e. The Bertz CT molecular complexity index is 1060. The van der Waals surface area contributed by atoms with Crippen LogP contribution < -0.4 is 0 Å². The van der Waals surface area contributed by atoms with Crippen LogP contribution in [-0.4, -0.2) is 24.1 Å². The molecule has 0 saturated carbocycles. The van der Waals surface area contributed by atoms with Crippen LogP contribution in [0.3, 0.4) is 0 Å². The minimum Gasteiger partial charge on any atom is -0.322 e. The van der Waals surface area contributed by atoms with Crippen LogP contribution in [0.25, 0.3) is 22.4 Å². The molecule has 0 fully saturated rings. The lowest BCUT2D eigenvalue weighted by Crippen LogP contribution is -2.02. The maximum absolute atomic E-state index is 13.7. The molecule has 8 heteroatoms. The first-order valence-electron chi connectivity index (χ1n) is 7.47. The van der Waals surface area contributed by atoms with E-state index < -0.39 is 6.80 Å². The Balaban J connectivity index is 1.78. The molecule has 0 aliphatic heterocycles. The highest BCUT2D eigenvalue weighted by atomic mass is 127. The molecule has 4 aromatic rings. The molecular formula is C17H12BrFIN5. The lowest BCUT2D eigenvalue weighted by atomic mass is 10.2. The Hall–Kier alpha value is -1.81. The molecule has 0 radical (unpaired) electrons. The molecule has 0 N–H and O–H groups in total. The largest absolute Gasteiger partial charge is 0.322 e. The number of alkyl halides is 1. The summed E-state index contributed by atoms with van der Waals surface area (Å²) in [5.74, 6) is 0.574. The topological polar surface area (TPSA) is 48.5 Å². The van der Waals surface area contributed by atoms with Gasteiger partial charge in [-0.3, -0.25) is 9.55 Å². The second-order valence-electron chi connectivity index (χ2n) is 5.54. The van der Waals surface area contributed by atoms with Crippen LogP contribution in [0, 0.1) is 3.70 Å². The fourth-order valence-corrected chi connectivity index (χ4v) is 3.56. The van der Waals surface area contributed by atoms with Crippen LogP contribution >= 0.6 is 38.5 Å². The van der Waals surface area contributed by atoms with Gasteiger partial charge in [0.15, 0.2) is 6.80 Å². The smallest absolute Gasteiger partial charge is 0.167 e. The Morgan fingerprint density at radius 2 is 2.00 bits per heavy atom. The van der Waals surface area contributed by atoms with Crippen LogP contribution in [0.5, 0.6) is 0 Å². The molecule has 0 aliphatic rings. The van der Waals surface area contributed by atoms with Crippen molar-refractivity contribution in [2.24, 2.45) is 0 Å². The molecular weight excluding hydrogens is 500 g/mol. The molecule has 5 nitrogen and oxygen atoms in total. The summed E-state index contributed by atoms with van der Waals surface area (Å²) in [5.41, 5.74) is 3.30. The summed E-state index contributed by atoms with van der Waals surface area (Å²) in [6.45, 7) is 0.00640. The van der Waals surface area contributed by atoms with Crippen LogP contribution in [0.1, 0.15) is 5.56 Å². The Kier molecular flexibility index (Phi) is 4.55. The van der Waals surface area contributed by atoms with Crippen LogP contribution in [0.4, 0.5) is 4.39 Å². The van der Waals surface area contributed by atoms with E-state index >= 15 is 0 Å². The number of benzene rings is 1. The maximum atomic E-state index is 13.7. The number of aromatic nitrogens is 5. The Morgan fingerprint density at radius 3 is 2.76 bits per heavy atom. The molecule has 3 heterocycles. The third-order valence-corrected chi connectivity index (χ3v) is 5.29. The van der Waals surface area contributed by atoms with Gasteiger partial charge in [0, 0.05) is 22.4 Å². The summed E-state index contributed by atoms with van der Waals surface area (Å²) in [4.78, 5) is 13.0. The number of pyridine rings is 1. The highest BCUT2D eigenvalue weighted by molar-refractivity contribution is 14.1. The van der Waals surface area contributed by atoms with Gasteiger partial charge in [-0.25, -0.2) is 14.4 Å². The number of rotatable bonds is 4. The van der Waals surface area contributed by atoms with Gasteiger partial charge in [-0.2, -0.15) is 0 Å². The van der Waals surface area contributed by atoms with Crippen molar-refractivity contribution < 1.29 is 4.39 Å². The fourth-order valence-electron chi connectivity index (χ4n) is 2.75. The highest BCUT2D eigenvalue weighted by Crippen LogP contribution is 2.27. The second kappa shape index (κ2) is 6.83. The van der Waals surface area contributed by atoms with Crippen molar-refractivity contribution >= 4 is 49.6 Å². The average molecular weight is 512 g/mol. The summed E-state index contributed by atoms with van der Waals surface area (Å²) in [7, 11) is 0. The van der Waals surface area contributed by atoms with E-state index in [2.05, 4.69) is 53.5 Å². The van der Waals surface area contributed by atoms with Gasteiger partial charge in [0.2, 0.25) is 0 Å². The first-order chi connectivity index (χ1) is 12.2. The van der Waals surface area contributed by atoms with Crippen molar-refractivity contribution in [3.63, 3.8) is 0 Å². The third-order valence-electron chi connectivity index (χ3n) is 3.90. The average Bonchev–Trinajstić information content (AvgIpc) is 3.18. The van der Waals surface area contributed by atoms with Crippen molar-refractivity contribution in [3.8, 4) is 11.4 Å². The normalized spacial score (nSPS) is 11.3. The van der Waals surface area contributed by atoms with Gasteiger partial charge in [0.05, 0.1) is 33.8 Å². The van der Waals surface area contributed by atoms with Crippen molar-refractivity contribution in [3.05, 3.63) is 62.9 Å². The van der Waals surface area contributed by atoms with E-state index in [1.807, 2.05) is 28.8 Å². The number of nitrogens with zero attached hydrogens (tertiary/aromatic N) is 5. The summed E-state index contributed by atoms with van der Waals surface area (Å²) in [6.07, 6.45) is 7.10. The SMILES string of the molecule is FCn1c(-c2cncc(Cn3cncc3I)c2)nc2ccc(Br)cc21. The minimum absolute atomic E-state index is 0.574. The number of fused-ring (bicyclic) bond motifs is 1. The van der Waals surface area contributed by atoms with E-state index in [-0.39, 0.29) is 0 Å². The van der Waals surface area contributed by atoms with E-state index in [1.165, 1.54) is 0 Å². The molecule has 0 bridgehead atoms. The molecule has 126 valence electrons. The molecule has 1 aromatic carbocycles. The van der Waals surface area contributed by atoms with E-state index in [9.17, 15) is 4.39 Å². The van der Waals surface area contributed by atoms with E-state index in [1.54, 1.807) is 29.5 Å². The molecule has 0 atom stereocenters. The number of imidazole rings is 2. The molecule has 0 spiro atoms. The van der Waals surface area contributed by atoms with Crippen molar-refractivity contribution in [2.45, 2.75) is 13.3 Å². The standard InChI is InChI=1S/C17H12BrFIN5/c18-13-1-2-14-15(4-13)25(9-19)17(23-14)12-3-11(5-21-6-12)8-24-10-22-7-16(24)20/h1-7,10H,8-9H2. The monoisotopic (exact) mass is 511 g/mol. The van der Waals surface area contributed by atoms with Crippen LogP contribution in [0.15, 0.2) is 53.7 Å². The zero-order chi connectivity index (χ0) is 17.4. The Morgan fingerprint density at radius 1 is 1.12 bits per heavy atom. The zero-order valence-corrected chi connectivity index (χ0v) is 16.6. The number of halogens is 3. The molecule has 25 heavy (non-hydrogen) atoms. The third kappa shape index (κ3) is 3.20. The van der Waals surface area contributed by atoms with Crippen molar-refractivity contribution in [1.29, 1.82) is 0 Å². The number of hydrogen-bond donors (Lipinski definition) is 0. The van der Waals surface area contributed by atoms with Gasteiger partial charge >= 0.3 is 0 Å². The predicted octanol–water partition coefficient (Wildman–Crippen LogP) is 4.64. The van der Waals surface area contributed by atoms with Gasteiger partial charge in [0.1, 0.15) is 5.82 Å². The quantitative estimate of drug-likeness (QED) is 0.375. The predicted molar refractivity (Wildman–Crippen MR) is 106 cm³/mol. The van der Waals surface area contributed by atoms with Gasteiger partial charge in [-0.05, 0) is 52.4 Å². The molecule has 3 aromatic heterocycles. The first-order valence-corrected chi connectivity index (χ1v) is 9.34. The van der Waals surface area contributed by atoms with E-state index in [0.29, 0.717) is 12.4 Å². The number of hydrogen-bond acceptors (Lipinski definition) is 3. The highest BCUT2D eigenvalue weighted by Gasteiger charge is 2.14. The van der Waals surface area contributed by atoms with Gasteiger partial charge in [-0.15, -0.1) is 0 Å². The minimum atomic E-state index is -0.647. The molecule has 0 unspecified atom stereocenters. The fraction of sp³-hybridized carbons (Fsp3) is 0.118. The summed E-state index contributed by atoms with van der Waals surface area (Å²) < 4.78 is 19.2. The van der Waals surface area contributed by atoms with Crippen molar-refractivity contribution in [2.75, 3.05) is 0 Å². The summed E-state index contributed by atoms with van der Waals surface area (Å²) in [6, 6.07) is 7.64. The second-order valence-corrected chi connectivity index (χ2v) is 7.56. The first kappa shape index (κ1) is 16.6. The zero-order valence-electron chi connectivity index (χ0n) is 12.9. The summed E-state index contributed by atoms with van der Waals surface area (Å²) in [5, 5.41) is 0. The van der Waals surface area contributed by atoms with Crippen molar-refractivity contribution in [1.82, 2.24) is 24.1 Å². The van der Waals surface area contributed by atoms with Gasteiger partial charge in [-0.1, -0.05) is 15.9 Å². The lowest BCUT2D eigenvalue weighted by Gasteiger charge is -2.08. The van der Waals surface area contributed by atoms with E-state index in [4.69, 9.17) is 0 Å². The molecule has 0 saturated heterocycles. The van der Waals surface area contributed by atoms with Gasteiger partial charge < -0.3 is 4.57 Å². The van der Waals surface area contributed by atoms with E-state index in [0.717, 1.165) is 30.3 Å². The lowest BCUT2D eigenvalue weighted by molar-refractivity contribution is 0.387. The Labute approximate surface area is 165 Å². The van der Waals surface area contributed by atoms with Crippen LogP contribution in [-0.2, 0) is 13.3 Å². The molecule has 0 amide bonds. The molecule has 4 rings (SSSR count). The van der Waals surface area contributed by atoms with Gasteiger partial charge in [0.25, 0.3) is 0 Å². The van der Waals surface area contributed by atoms with Crippen LogP contribution in [0.2, 0.25) is 0 Å².